The van der Waals surface area contributed by atoms with Crippen LogP contribution in [0.3, 0.4) is 0 Å². The van der Waals surface area contributed by atoms with Gasteiger partial charge in [0.1, 0.15) is 0 Å². The summed E-state index contributed by atoms with van der Waals surface area (Å²) < 4.78 is 0. The molecule has 2 heterocycles. The van der Waals surface area contributed by atoms with Crippen LogP contribution in [-0.4, -0.2) is 23.4 Å². The van der Waals surface area contributed by atoms with Crippen molar-refractivity contribution in [2.24, 2.45) is 5.92 Å². The number of nitrogens with one attached hydrogen (secondary N) is 1. The molecule has 1 saturated carbocycles. The second-order valence-electron chi connectivity index (χ2n) is 6.21. The van der Waals surface area contributed by atoms with Crippen LogP contribution in [0.2, 0.25) is 0 Å². The summed E-state index contributed by atoms with van der Waals surface area (Å²) in [6, 6.07) is 9.25. The van der Waals surface area contributed by atoms with Crippen LogP contribution in [-0.2, 0) is 4.79 Å². The summed E-state index contributed by atoms with van der Waals surface area (Å²) in [7, 11) is 0. The average molecular weight is 268 g/mol. The molecule has 0 aromatic heterocycles. The Labute approximate surface area is 119 Å². The molecule has 0 spiro atoms. The third kappa shape index (κ3) is 1.69. The molecule has 0 bridgehead atoms. The van der Waals surface area contributed by atoms with Crippen LogP contribution < -0.4 is 5.32 Å². The first-order valence-electron chi connectivity index (χ1n) is 7.57. The lowest BCUT2D eigenvalue weighted by atomic mass is 9.71. The van der Waals surface area contributed by atoms with E-state index in [9.17, 15) is 4.79 Å². The number of amides is 1. The highest BCUT2D eigenvalue weighted by molar-refractivity contribution is 5.74. The van der Waals surface area contributed by atoms with Gasteiger partial charge in [0.15, 0.2) is 0 Å². The van der Waals surface area contributed by atoms with E-state index in [1.165, 1.54) is 23.2 Å². The summed E-state index contributed by atoms with van der Waals surface area (Å²) in [6.07, 6.45) is 5.54. The third-order valence-corrected chi connectivity index (χ3v) is 5.18. The van der Waals surface area contributed by atoms with Crippen molar-refractivity contribution in [1.82, 2.24) is 4.90 Å². The molecule has 4 rings (SSSR count). The molecule has 2 aliphatic heterocycles. The normalized spacial score (nSPS) is 30.8. The van der Waals surface area contributed by atoms with Crippen LogP contribution in [0.5, 0.6) is 0 Å². The maximum atomic E-state index is 11.5. The summed E-state index contributed by atoms with van der Waals surface area (Å²) >= 11 is 0. The van der Waals surface area contributed by atoms with Crippen molar-refractivity contribution in [3.05, 3.63) is 41.6 Å². The first kappa shape index (κ1) is 12.0. The number of anilines is 1. The van der Waals surface area contributed by atoms with Gasteiger partial charge in [-0.25, -0.2) is 0 Å². The molecule has 1 fully saturated rings. The quantitative estimate of drug-likeness (QED) is 0.784. The molecule has 3 nitrogen and oxygen atoms in total. The molecule has 3 atom stereocenters. The number of fused-ring (bicyclic) bond motifs is 5. The Bertz CT molecular complexity index is 592. The van der Waals surface area contributed by atoms with Crippen LogP contribution in [0.4, 0.5) is 5.69 Å². The van der Waals surface area contributed by atoms with Crippen molar-refractivity contribution in [3.8, 4) is 0 Å². The molecule has 3 heteroatoms. The van der Waals surface area contributed by atoms with Gasteiger partial charge in [0, 0.05) is 43.2 Å². The van der Waals surface area contributed by atoms with Crippen molar-refractivity contribution in [3.63, 3.8) is 0 Å². The summed E-state index contributed by atoms with van der Waals surface area (Å²) in [6.45, 7) is 2.53. The summed E-state index contributed by atoms with van der Waals surface area (Å²) in [5.41, 5.74) is 4.27. The van der Waals surface area contributed by atoms with Gasteiger partial charge in [0.05, 0.1) is 0 Å². The largest absolute Gasteiger partial charge is 0.381 e. The van der Waals surface area contributed by atoms with Crippen LogP contribution in [0, 0.1) is 5.92 Å². The van der Waals surface area contributed by atoms with Crippen LogP contribution >= 0.6 is 0 Å². The molecule has 0 unspecified atom stereocenters. The molecule has 20 heavy (non-hydrogen) atoms. The molecule has 1 aliphatic carbocycles. The molecule has 1 aromatic carbocycles. The predicted octanol–water partition coefficient (Wildman–Crippen LogP) is 3.11. The summed E-state index contributed by atoms with van der Waals surface area (Å²) in [5, 5.41) is 3.74. The van der Waals surface area contributed by atoms with Crippen molar-refractivity contribution in [1.29, 1.82) is 0 Å². The number of carbonyl (C=O) groups is 1. The molecule has 104 valence electrons. The van der Waals surface area contributed by atoms with Gasteiger partial charge in [0.2, 0.25) is 5.91 Å². The van der Waals surface area contributed by atoms with E-state index in [0.29, 0.717) is 17.9 Å². The maximum Gasteiger partial charge on any atom is 0.223 e. The molecule has 1 amide bonds. The fourth-order valence-corrected chi connectivity index (χ4v) is 4.20. The van der Waals surface area contributed by atoms with Gasteiger partial charge in [-0.15, -0.1) is 0 Å². The van der Waals surface area contributed by atoms with Crippen molar-refractivity contribution in [2.45, 2.75) is 38.1 Å². The van der Waals surface area contributed by atoms with Gasteiger partial charge in [0.25, 0.3) is 0 Å². The number of benzene rings is 1. The summed E-state index contributed by atoms with van der Waals surface area (Å²) in [4.78, 5) is 13.4. The molecular weight excluding hydrogens is 248 g/mol. The van der Waals surface area contributed by atoms with E-state index >= 15 is 0 Å². The van der Waals surface area contributed by atoms with E-state index in [0.717, 1.165) is 19.4 Å². The van der Waals surface area contributed by atoms with Crippen molar-refractivity contribution < 1.29 is 4.79 Å². The van der Waals surface area contributed by atoms with Gasteiger partial charge in [-0.2, -0.15) is 0 Å². The zero-order valence-electron chi connectivity index (χ0n) is 11.8. The summed E-state index contributed by atoms with van der Waals surface area (Å²) in [5.74, 6) is 1.41. The van der Waals surface area contributed by atoms with Crippen LogP contribution in [0.1, 0.15) is 37.7 Å². The molecule has 0 radical (unpaired) electrons. The van der Waals surface area contributed by atoms with E-state index < -0.39 is 0 Å². The number of para-hydroxylation sites is 1. The van der Waals surface area contributed by atoms with Gasteiger partial charge in [-0.05, 0) is 36.5 Å². The zero-order valence-corrected chi connectivity index (χ0v) is 11.8. The zero-order chi connectivity index (χ0) is 13.7. The molecule has 1 N–H and O–H groups in total. The van der Waals surface area contributed by atoms with Crippen molar-refractivity contribution >= 4 is 11.6 Å². The van der Waals surface area contributed by atoms with E-state index in [4.69, 9.17) is 0 Å². The van der Waals surface area contributed by atoms with Crippen molar-refractivity contribution in [2.75, 3.05) is 11.9 Å². The van der Waals surface area contributed by atoms with E-state index in [2.05, 4.69) is 35.8 Å². The fourth-order valence-electron chi connectivity index (χ4n) is 4.20. The van der Waals surface area contributed by atoms with Gasteiger partial charge >= 0.3 is 0 Å². The minimum atomic E-state index is 0.167. The van der Waals surface area contributed by atoms with E-state index in [1.807, 2.05) is 4.90 Å². The minimum absolute atomic E-state index is 0.167. The Morgan fingerprint density at radius 2 is 2.10 bits per heavy atom. The van der Waals surface area contributed by atoms with Gasteiger partial charge in [-0.3, -0.25) is 4.79 Å². The van der Waals surface area contributed by atoms with Gasteiger partial charge in [-0.1, -0.05) is 18.2 Å². The fraction of sp³-hybridized carbons (Fsp3) is 0.471. The monoisotopic (exact) mass is 268 g/mol. The Balaban J connectivity index is 1.65. The molecule has 0 saturated heterocycles. The highest BCUT2D eigenvalue weighted by atomic mass is 16.2. The number of carbonyl (C=O) groups excluding carboxylic acids is 1. The smallest absolute Gasteiger partial charge is 0.223 e. The number of nitrogens with zero attached hydrogens (tertiary/aromatic N) is 1. The van der Waals surface area contributed by atoms with E-state index in [-0.39, 0.29) is 5.91 Å². The third-order valence-electron chi connectivity index (χ3n) is 5.18. The number of hydrogen-bond acceptors (Lipinski definition) is 2. The Hall–Kier alpha value is -1.77. The number of hydrogen-bond donors (Lipinski definition) is 1. The lowest BCUT2D eigenvalue weighted by molar-refractivity contribution is -0.126. The first-order valence-corrected chi connectivity index (χ1v) is 7.57. The lowest BCUT2D eigenvalue weighted by Crippen LogP contribution is -2.41. The second-order valence-corrected chi connectivity index (χ2v) is 6.21. The predicted molar refractivity (Wildman–Crippen MR) is 79.4 cm³/mol. The topological polar surface area (TPSA) is 32.3 Å². The highest BCUT2D eigenvalue weighted by Crippen LogP contribution is 2.49. The average Bonchev–Trinajstić information content (AvgIpc) is 2.85. The molecular formula is C17H20N2O. The number of rotatable bonds is 0. The SMILES string of the molecule is CC(=O)N1C=C2CC[C@H]3c4ccccc4N[C@H]3[C@H]2CC1. The van der Waals surface area contributed by atoms with Crippen LogP contribution in [0.15, 0.2) is 36.0 Å². The Morgan fingerprint density at radius 3 is 2.95 bits per heavy atom. The second kappa shape index (κ2) is 4.37. The highest BCUT2D eigenvalue weighted by Gasteiger charge is 2.43. The Morgan fingerprint density at radius 1 is 1.25 bits per heavy atom. The van der Waals surface area contributed by atoms with E-state index in [1.54, 1.807) is 6.92 Å². The maximum absolute atomic E-state index is 11.5. The lowest BCUT2D eigenvalue weighted by Gasteiger charge is -2.40. The van der Waals surface area contributed by atoms with Gasteiger partial charge < -0.3 is 10.2 Å². The minimum Gasteiger partial charge on any atom is -0.381 e. The molecule has 3 aliphatic rings. The Kier molecular flexibility index (Phi) is 2.62. The standard InChI is InChI=1S/C17H20N2O/c1-11(20)19-9-8-13-12(10-19)6-7-15-14-4-2-3-5-16(14)18-17(13)15/h2-5,10,13,15,17-18H,6-9H2,1H3/t13-,15-,17-/m0/s1. The first-order chi connectivity index (χ1) is 9.74. The van der Waals surface area contributed by atoms with Crippen LogP contribution in [0.25, 0.3) is 0 Å². The molecule has 1 aromatic rings.